The van der Waals surface area contributed by atoms with Crippen LogP contribution in [0.15, 0.2) is 48.8 Å². The molecule has 0 saturated carbocycles. The van der Waals surface area contributed by atoms with Crippen molar-refractivity contribution in [3.8, 4) is 11.5 Å². The first-order chi connectivity index (χ1) is 9.63. The van der Waals surface area contributed by atoms with Gasteiger partial charge in [-0.15, -0.1) is 0 Å². The number of fused-ring (bicyclic) bond motifs is 1. The first-order valence-electron chi connectivity index (χ1n) is 5.89. The third kappa shape index (κ3) is 2.25. The van der Waals surface area contributed by atoms with E-state index >= 15 is 0 Å². The molecule has 0 saturated heterocycles. The zero-order valence-corrected chi connectivity index (χ0v) is 10.3. The number of hydrogen-bond acceptors (Lipinski definition) is 3. The molecule has 0 radical (unpaired) electrons. The van der Waals surface area contributed by atoms with E-state index in [1.807, 2.05) is 0 Å². The van der Waals surface area contributed by atoms with Crippen LogP contribution in [0.1, 0.15) is 0 Å². The van der Waals surface area contributed by atoms with Crippen molar-refractivity contribution in [3.63, 3.8) is 0 Å². The molecule has 0 aliphatic carbocycles. The van der Waals surface area contributed by atoms with Gasteiger partial charge in [0.2, 0.25) is 0 Å². The van der Waals surface area contributed by atoms with Crippen molar-refractivity contribution in [2.24, 2.45) is 0 Å². The third-order valence-corrected chi connectivity index (χ3v) is 2.88. The second kappa shape index (κ2) is 4.77. The third-order valence-electron chi connectivity index (χ3n) is 2.88. The summed E-state index contributed by atoms with van der Waals surface area (Å²) in [4.78, 5) is 4.01. The number of nitrogen functional groups attached to an aromatic ring is 1. The topological polar surface area (TPSA) is 48.1 Å². The van der Waals surface area contributed by atoms with Crippen molar-refractivity contribution in [2.75, 3.05) is 5.73 Å². The molecule has 0 spiro atoms. The van der Waals surface area contributed by atoms with Crippen LogP contribution in [0.4, 0.5) is 14.5 Å². The van der Waals surface area contributed by atoms with Crippen molar-refractivity contribution >= 4 is 16.5 Å². The van der Waals surface area contributed by atoms with Gasteiger partial charge in [-0.05, 0) is 18.2 Å². The van der Waals surface area contributed by atoms with Crippen LogP contribution in [0.25, 0.3) is 10.8 Å². The summed E-state index contributed by atoms with van der Waals surface area (Å²) in [7, 11) is 0. The number of ether oxygens (including phenoxy) is 1. The molecule has 5 heteroatoms. The maximum atomic E-state index is 13.2. The second-order valence-electron chi connectivity index (χ2n) is 4.28. The van der Waals surface area contributed by atoms with Gasteiger partial charge in [0.1, 0.15) is 23.1 Å². The molecule has 2 aromatic carbocycles. The molecule has 0 aliphatic heterocycles. The van der Waals surface area contributed by atoms with E-state index in [1.165, 1.54) is 0 Å². The van der Waals surface area contributed by atoms with Crippen LogP contribution in [0.2, 0.25) is 0 Å². The molecule has 0 fully saturated rings. The van der Waals surface area contributed by atoms with Gasteiger partial charge in [-0.3, -0.25) is 4.98 Å². The van der Waals surface area contributed by atoms with Gasteiger partial charge in [-0.25, -0.2) is 8.78 Å². The van der Waals surface area contributed by atoms with E-state index in [4.69, 9.17) is 10.5 Å². The number of nitrogens with zero attached hydrogens (tertiary/aromatic N) is 1. The maximum Gasteiger partial charge on any atom is 0.136 e. The van der Waals surface area contributed by atoms with E-state index in [1.54, 1.807) is 30.6 Å². The van der Waals surface area contributed by atoms with E-state index in [2.05, 4.69) is 4.98 Å². The number of pyridine rings is 1. The quantitative estimate of drug-likeness (QED) is 0.720. The maximum absolute atomic E-state index is 13.2. The molecule has 20 heavy (non-hydrogen) atoms. The van der Waals surface area contributed by atoms with Gasteiger partial charge < -0.3 is 10.5 Å². The Bertz CT molecular complexity index is 770. The minimum Gasteiger partial charge on any atom is -0.456 e. The van der Waals surface area contributed by atoms with Crippen LogP contribution in [0.5, 0.6) is 11.5 Å². The molecule has 3 nitrogen and oxygen atoms in total. The summed E-state index contributed by atoms with van der Waals surface area (Å²) < 4.78 is 31.8. The minimum atomic E-state index is -0.696. The number of anilines is 1. The lowest BCUT2D eigenvalue weighted by molar-refractivity contribution is 0.473. The van der Waals surface area contributed by atoms with Crippen LogP contribution < -0.4 is 10.5 Å². The van der Waals surface area contributed by atoms with Gasteiger partial charge in [0, 0.05) is 47.1 Å². The predicted octanol–water partition coefficient (Wildman–Crippen LogP) is 3.89. The molecule has 100 valence electrons. The second-order valence-corrected chi connectivity index (χ2v) is 4.28. The van der Waals surface area contributed by atoms with Gasteiger partial charge in [0.05, 0.1) is 0 Å². The van der Waals surface area contributed by atoms with Gasteiger partial charge in [-0.1, -0.05) is 0 Å². The molecule has 1 aromatic heterocycles. The Labute approximate surface area is 113 Å². The Balaban J connectivity index is 2.09. The van der Waals surface area contributed by atoms with Crippen molar-refractivity contribution in [2.45, 2.75) is 0 Å². The fraction of sp³-hybridized carbons (Fsp3) is 0. The Hall–Kier alpha value is -2.69. The molecule has 0 amide bonds. The normalized spacial score (nSPS) is 10.7. The summed E-state index contributed by atoms with van der Waals surface area (Å²) in [6.07, 6.45) is 3.21. The van der Waals surface area contributed by atoms with E-state index in [0.717, 1.165) is 23.6 Å². The van der Waals surface area contributed by atoms with Gasteiger partial charge in [0.25, 0.3) is 0 Å². The predicted molar refractivity (Wildman–Crippen MR) is 72.6 cm³/mol. The molecule has 3 rings (SSSR count). The first-order valence-corrected chi connectivity index (χ1v) is 5.89. The standard InChI is InChI=1S/C15H10F2N2O/c16-9-5-10(17)7-11(6-9)20-15-2-1-14(18)12-3-4-19-8-13(12)15/h1-8H,18H2. The lowest BCUT2D eigenvalue weighted by Crippen LogP contribution is -1.92. The smallest absolute Gasteiger partial charge is 0.136 e. The number of halogens is 2. The highest BCUT2D eigenvalue weighted by atomic mass is 19.1. The zero-order valence-electron chi connectivity index (χ0n) is 10.3. The van der Waals surface area contributed by atoms with Crippen LogP contribution in [-0.2, 0) is 0 Å². The average Bonchev–Trinajstić information content (AvgIpc) is 2.41. The summed E-state index contributed by atoms with van der Waals surface area (Å²) in [5.41, 5.74) is 6.45. The number of rotatable bonds is 2. The van der Waals surface area contributed by atoms with Crippen molar-refractivity contribution < 1.29 is 13.5 Å². The molecular formula is C15H10F2N2O. The summed E-state index contributed by atoms with van der Waals surface area (Å²) >= 11 is 0. The fourth-order valence-corrected chi connectivity index (χ4v) is 1.99. The molecule has 0 atom stereocenters. The summed E-state index contributed by atoms with van der Waals surface area (Å²) in [6.45, 7) is 0. The van der Waals surface area contributed by atoms with Crippen molar-refractivity contribution in [1.29, 1.82) is 0 Å². The van der Waals surface area contributed by atoms with Crippen LogP contribution in [-0.4, -0.2) is 4.98 Å². The van der Waals surface area contributed by atoms with Crippen LogP contribution in [0, 0.1) is 11.6 Å². The van der Waals surface area contributed by atoms with Gasteiger partial charge in [-0.2, -0.15) is 0 Å². The molecule has 1 heterocycles. The summed E-state index contributed by atoms with van der Waals surface area (Å²) in [6, 6.07) is 8.08. The monoisotopic (exact) mass is 272 g/mol. The van der Waals surface area contributed by atoms with Crippen molar-refractivity contribution in [1.82, 2.24) is 4.98 Å². The molecule has 0 aliphatic rings. The molecular weight excluding hydrogens is 262 g/mol. The largest absolute Gasteiger partial charge is 0.456 e. The summed E-state index contributed by atoms with van der Waals surface area (Å²) in [5.74, 6) is -0.875. The Kier molecular flexibility index (Phi) is 2.95. The van der Waals surface area contributed by atoms with E-state index in [9.17, 15) is 8.78 Å². The highest BCUT2D eigenvalue weighted by molar-refractivity contribution is 5.96. The summed E-state index contributed by atoms with van der Waals surface area (Å²) in [5, 5.41) is 1.45. The Morgan fingerprint density at radius 3 is 2.45 bits per heavy atom. The highest BCUT2D eigenvalue weighted by Crippen LogP contribution is 2.32. The Morgan fingerprint density at radius 2 is 1.70 bits per heavy atom. The Morgan fingerprint density at radius 1 is 0.950 bits per heavy atom. The SMILES string of the molecule is Nc1ccc(Oc2cc(F)cc(F)c2)c2cnccc12. The van der Waals surface area contributed by atoms with E-state index in [0.29, 0.717) is 16.8 Å². The first kappa shape index (κ1) is 12.3. The lowest BCUT2D eigenvalue weighted by Gasteiger charge is -2.10. The van der Waals surface area contributed by atoms with Crippen molar-refractivity contribution in [3.05, 3.63) is 60.4 Å². The van der Waals surface area contributed by atoms with Crippen LogP contribution in [0.3, 0.4) is 0 Å². The average molecular weight is 272 g/mol. The van der Waals surface area contributed by atoms with Gasteiger partial charge in [0.15, 0.2) is 0 Å². The highest BCUT2D eigenvalue weighted by Gasteiger charge is 2.08. The molecule has 0 bridgehead atoms. The number of aromatic nitrogens is 1. The molecule has 0 unspecified atom stereocenters. The zero-order chi connectivity index (χ0) is 14.1. The minimum absolute atomic E-state index is 0.0809. The van der Waals surface area contributed by atoms with E-state index < -0.39 is 11.6 Å². The molecule has 2 N–H and O–H groups in total. The molecule has 3 aromatic rings. The number of hydrogen-bond donors (Lipinski definition) is 1. The number of benzene rings is 2. The fourth-order valence-electron chi connectivity index (χ4n) is 1.99. The van der Waals surface area contributed by atoms with Crippen LogP contribution >= 0.6 is 0 Å². The lowest BCUT2D eigenvalue weighted by atomic mass is 10.1. The number of nitrogens with two attached hydrogens (primary N) is 1. The van der Waals surface area contributed by atoms with Gasteiger partial charge >= 0.3 is 0 Å². The van der Waals surface area contributed by atoms with E-state index in [-0.39, 0.29) is 5.75 Å².